The second kappa shape index (κ2) is 5.89. The summed E-state index contributed by atoms with van der Waals surface area (Å²) in [5.41, 5.74) is 0. The van der Waals surface area contributed by atoms with E-state index in [0.717, 1.165) is 17.9 Å². The van der Waals surface area contributed by atoms with Gasteiger partial charge < -0.3 is 10.2 Å². The molecule has 0 saturated carbocycles. The van der Waals surface area contributed by atoms with Crippen molar-refractivity contribution < 1.29 is 0 Å². The lowest BCUT2D eigenvalue weighted by Crippen LogP contribution is -2.58. The molecule has 1 atom stereocenters. The Morgan fingerprint density at radius 2 is 1.72 bits per heavy atom. The van der Waals surface area contributed by atoms with Crippen molar-refractivity contribution in [3.8, 4) is 0 Å². The molecule has 4 aliphatic rings. The SMILES string of the molecule is CNCCC1CCN(C2CN3CCC2CC3)CC1. The summed E-state index contributed by atoms with van der Waals surface area (Å²) in [6, 6.07) is 0.901. The minimum Gasteiger partial charge on any atom is -0.320 e. The zero-order chi connectivity index (χ0) is 12.4. The van der Waals surface area contributed by atoms with Gasteiger partial charge in [-0.2, -0.15) is 0 Å². The third-order valence-corrected chi connectivity index (χ3v) is 5.54. The first-order valence-corrected chi connectivity index (χ1v) is 7.98. The molecule has 4 saturated heterocycles. The highest BCUT2D eigenvalue weighted by molar-refractivity contribution is 4.93. The fraction of sp³-hybridized carbons (Fsp3) is 1.00. The molecule has 104 valence electrons. The molecular formula is C15H29N3. The first-order chi connectivity index (χ1) is 8.86. The molecule has 4 aliphatic heterocycles. The molecule has 4 rings (SSSR count). The predicted molar refractivity (Wildman–Crippen MR) is 75.8 cm³/mol. The van der Waals surface area contributed by atoms with Crippen LogP contribution in [0.4, 0.5) is 0 Å². The van der Waals surface area contributed by atoms with E-state index in [0.29, 0.717) is 0 Å². The van der Waals surface area contributed by atoms with Crippen molar-refractivity contribution in [1.29, 1.82) is 0 Å². The second-order valence-corrected chi connectivity index (χ2v) is 6.58. The fourth-order valence-corrected chi connectivity index (χ4v) is 4.27. The molecule has 0 radical (unpaired) electrons. The minimum absolute atomic E-state index is 0.901. The van der Waals surface area contributed by atoms with Gasteiger partial charge in [-0.05, 0) is 83.7 Å². The summed E-state index contributed by atoms with van der Waals surface area (Å²) in [6.45, 7) is 8.04. The normalized spacial score (nSPS) is 38.2. The molecule has 4 fully saturated rings. The van der Waals surface area contributed by atoms with Gasteiger partial charge in [0, 0.05) is 12.6 Å². The molecule has 0 aromatic carbocycles. The van der Waals surface area contributed by atoms with Gasteiger partial charge in [0.2, 0.25) is 0 Å². The maximum absolute atomic E-state index is 3.29. The topological polar surface area (TPSA) is 18.5 Å². The van der Waals surface area contributed by atoms with E-state index >= 15 is 0 Å². The molecular weight excluding hydrogens is 222 g/mol. The van der Waals surface area contributed by atoms with Gasteiger partial charge >= 0.3 is 0 Å². The van der Waals surface area contributed by atoms with Crippen molar-refractivity contribution >= 4 is 0 Å². The van der Waals surface area contributed by atoms with E-state index in [4.69, 9.17) is 0 Å². The molecule has 0 aromatic heterocycles. The molecule has 18 heavy (non-hydrogen) atoms. The molecule has 4 heterocycles. The summed E-state index contributed by atoms with van der Waals surface area (Å²) in [7, 11) is 2.07. The Kier molecular flexibility index (Phi) is 4.22. The number of rotatable bonds is 4. The molecule has 3 nitrogen and oxygen atoms in total. The van der Waals surface area contributed by atoms with E-state index in [2.05, 4.69) is 22.2 Å². The lowest BCUT2D eigenvalue weighted by molar-refractivity contribution is -0.00917. The fourth-order valence-electron chi connectivity index (χ4n) is 4.27. The second-order valence-electron chi connectivity index (χ2n) is 6.58. The van der Waals surface area contributed by atoms with Crippen molar-refractivity contribution in [1.82, 2.24) is 15.1 Å². The maximum Gasteiger partial charge on any atom is 0.0252 e. The summed E-state index contributed by atoms with van der Waals surface area (Å²) in [5, 5.41) is 3.29. The summed E-state index contributed by atoms with van der Waals surface area (Å²) in [4.78, 5) is 5.52. The monoisotopic (exact) mass is 251 g/mol. The smallest absolute Gasteiger partial charge is 0.0252 e. The predicted octanol–water partition coefficient (Wildman–Crippen LogP) is 1.40. The number of piperidine rings is 4. The summed E-state index contributed by atoms with van der Waals surface area (Å²) < 4.78 is 0. The average Bonchev–Trinajstić information content (AvgIpc) is 2.47. The summed E-state index contributed by atoms with van der Waals surface area (Å²) in [6.07, 6.45) is 7.18. The van der Waals surface area contributed by atoms with Gasteiger partial charge in [0.15, 0.2) is 0 Å². The Labute approximate surface area is 112 Å². The molecule has 3 heteroatoms. The number of hydrogen-bond donors (Lipinski definition) is 1. The van der Waals surface area contributed by atoms with Crippen LogP contribution < -0.4 is 5.32 Å². The Bertz CT molecular complexity index is 252. The Balaban J connectivity index is 1.47. The largest absolute Gasteiger partial charge is 0.320 e. The molecule has 1 unspecified atom stereocenters. The quantitative estimate of drug-likeness (QED) is 0.815. The first kappa shape index (κ1) is 12.9. The van der Waals surface area contributed by atoms with Crippen LogP contribution in [0.3, 0.4) is 0 Å². The van der Waals surface area contributed by atoms with Crippen molar-refractivity contribution in [2.45, 2.75) is 38.1 Å². The third-order valence-electron chi connectivity index (χ3n) is 5.54. The van der Waals surface area contributed by atoms with Gasteiger partial charge in [-0.3, -0.25) is 4.90 Å². The zero-order valence-corrected chi connectivity index (χ0v) is 11.9. The lowest BCUT2D eigenvalue weighted by atomic mass is 9.81. The number of hydrogen-bond acceptors (Lipinski definition) is 3. The van der Waals surface area contributed by atoms with Gasteiger partial charge in [0.05, 0.1) is 0 Å². The molecule has 2 bridgehead atoms. The van der Waals surface area contributed by atoms with E-state index < -0.39 is 0 Å². The maximum atomic E-state index is 3.29. The number of fused-ring (bicyclic) bond motifs is 3. The van der Waals surface area contributed by atoms with E-state index in [1.54, 1.807) is 0 Å². The van der Waals surface area contributed by atoms with E-state index in [1.807, 2.05) is 0 Å². The minimum atomic E-state index is 0.901. The van der Waals surface area contributed by atoms with Gasteiger partial charge in [-0.25, -0.2) is 0 Å². The van der Waals surface area contributed by atoms with Gasteiger partial charge in [0.1, 0.15) is 0 Å². The Hall–Kier alpha value is -0.120. The van der Waals surface area contributed by atoms with Crippen LogP contribution >= 0.6 is 0 Å². The first-order valence-electron chi connectivity index (χ1n) is 7.98. The highest BCUT2D eigenvalue weighted by atomic mass is 15.3. The van der Waals surface area contributed by atoms with Crippen molar-refractivity contribution in [3.63, 3.8) is 0 Å². The molecule has 0 aromatic rings. The average molecular weight is 251 g/mol. The van der Waals surface area contributed by atoms with Crippen LogP contribution in [-0.2, 0) is 0 Å². The molecule has 0 amide bonds. The number of likely N-dealkylation sites (tertiary alicyclic amines) is 1. The van der Waals surface area contributed by atoms with Crippen molar-refractivity contribution in [3.05, 3.63) is 0 Å². The zero-order valence-electron chi connectivity index (χ0n) is 11.9. The van der Waals surface area contributed by atoms with E-state index in [9.17, 15) is 0 Å². The van der Waals surface area contributed by atoms with Crippen molar-refractivity contribution in [2.75, 3.05) is 46.3 Å². The lowest BCUT2D eigenvalue weighted by Gasteiger charge is -2.50. The number of nitrogens with zero attached hydrogens (tertiary/aromatic N) is 2. The van der Waals surface area contributed by atoms with E-state index in [1.165, 1.54) is 71.4 Å². The van der Waals surface area contributed by atoms with E-state index in [-0.39, 0.29) is 0 Å². The van der Waals surface area contributed by atoms with Crippen LogP contribution in [0, 0.1) is 11.8 Å². The third kappa shape index (κ3) is 2.73. The van der Waals surface area contributed by atoms with Crippen LogP contribution in [0.5, 0.6) is 0 Å². The van der Waals surface area contributed by atoms with Crippen LogP contribution in [0.2, 0.25) is 0 Å². The molecule has 0 spiro atoms. The van der Waals surface area contributed by atoms with Gasteiger partial charge in [-0.1, -0.05) is 0 Å². The molecule has 0 aliphatic carbocycles. The van der Waals surface area contributed by atoms with Crippen LogP contribution in [0.15, 0.2) is 0 Å². The van der Waals surface area contributed by atoms with Crippen LogP contribution in [-0.4, -0.2) is 62.2 Å². The Morgan fingerprint density at radius 3 is 2.28 bits per heavy atom. The van der Waals surface area contributed by atoms with Gasteiger partial charge in [0.25, 0.3) is 0 Å². The highest BCUT2D eigenvalue weighted by Crippen LogP contribution is 2.33. The van der Waals surface area contributed by atoms with Crippen LogP contribution in [0.25, 0.3) is 0 Å². The summed E-state index contributed by atoms with van der Waals surface area (Å²) in [5.74, 6) is 2.00. The van der Waals surface area contributed by atoms with Gasteiger partial charge in [-0.15, -0.1) is 0 Å². The molecule has 1 N–H and O–H groups in total. The standard InChI is InChI=1S/C15H29N3/c1-16-7-2-13-3-10-18(11-4-13)15-12-17-8-5-14(15)6-9-17/h13-16H,2-12H2,1H3. The number of nitrogens with one attached hydrogen (secondary N) is 1. The Morgan fingerprint density at radius 1 is 1.00 bits per heavy atom. The van der Waals surface area contributed by atoms with Crippen LogP contribution in [0.1, 0.15) is 32.1 Å². The summed E-state index contributed by atoms with van der Waals surface area (Å²) >= 11 is 0. The highest BCUT2D eigenvalue weighted by Gasteiger charge is 2.38. The van der Waals surface area contributed by atoms with Crippen molar-refractivity contribution in [2.24, 2.45) is 11.8 Å².